The van der Waals surface area contributed by atoms with Crippen molar-refractivity contribution in [3.05, 3.63) is 28.7 Å². The van der Waals surface area contributed by atoms with Gasteiger partial charge in [-0.25, -0.2) is 8.42 Å². The lowest BCUT2D eigenvalue weighted by molar-refractivity contribution is 0.592. The molecule has 0 saturated heterocycles. The summed E-state index contributed by atoms with van der Waals surface area (Å²) in [5.41, 5.74) is 0. The van der Waals surface area contributed by atoms with E-state index in [0.717, 1.165) is 11.0 Å². The Morgan fingerprint density at radius 1 is 1.27 bits per heavy atom. The van der Waals surface area contributed by atoms with Crippen LogP contribution >= 0.6 is 15.9 Å². The third kappa shape index (κ3) is 3.93. The molecule has 5 heteroatoms. The SMILES string of the molecule is CCNCCS(=O)(=O)c1ccc(Br)cc1. The van der Waals surface area contributed by atoms with Gasteiger partial charge in [0.05, 0.1) is 10.6 Å². The molecule has 0 amide bonds. The van der Waals surface area contributed by atoms with E-state index in [4.69, 9.17) is 0 Å². The van der Waals surface area contributed by atoms with E-state index in [2.05, 4.69) is 21.2 Å². The van der Waals surface area contributed by atoms with Crippen LogP contribution in [-0.4, -0.2) is 27.3 Å². The van der Waals surface area contributed by atoms with Crippen LogP contribution in [0.3, 0.4) is 0 Å². The lowest BCUT2D eigenvalue weighted by Gasteiger charge is -2.04. The molecule has 0 heterocycles. The Balaban J connectivity index is 2.73. The molecule has 84 valence electrons. The maximum atomic E-state index is 11.8. The van der Waals surface area contributed by atoms with Gasteiger partial charge in [-0.2, -0.15) is 0 Å². The number of halogens is 1. The first kappa shape index (κ1) is 12.7. The van der Waals surface area contributed by atoms with Crippen molar-refractivity contribution in [2.45, 2.75) is 11.8 Å². The summed E-state index contributed by atoms with van der Waals surface area (Å²) in [6, 6.07) is 6.71. The van der Waals surface area contributed by atoms with E-state index >= 15 is 0 Å². The Hall–Kier alpha value is -0.390. The molecule has 0 atom stereocenters. The van der Waals surface area contributed by atoms with Crippen LogP contribution in [0, 0.1) is 0 Å². The summed E-state index contributed by atoms with van der Waals surface area (Å²) < 4.78 is 24.4. The highest BCUT2D eigenvalue weighted by Gasteiger charge is 2.12. The molecule has 0 unspecified atom stereocenters. The minimum Gasteiger partial charge on any atom is -0.316 e. The van der Waals surface area contributed by atoms with E-state index in [9.17, 15) is 8.42 Å². The van der Waals surface area contributed by atoms with Crippen LogP contribution in [0.25, 0.3) is 0 Å². The molecule has 0 spiro atoms. The molecule has 15 heavy (non-hydrogen) atoms. The second-order valence-corrected chi connectivity index (χ2v) is 6.15. The van der Waals surface area contributed by atoms with E-state index in [1.807, 2.05) is 6.92 Å². The summed E-state index contributed by atoms with van der Waals surface area (Å²) in [6.45, 7) is 3.23. The van der Waals surface area contributed by atoms with Crippen molar-refractivity contribution in [2.75, 3.05) is 18.8 Å². The van der Waals surface area contributed by atoms with Gasteiger partial charge >= 0.3 is 0 Å². The zero-order valence-electron chi connectivity index (χ0n) is 8.53. The summed E-state index contributed by atoms with van der Waals surface area (Å²) in [5, 5.41) is 3.00. The predicted octanol–water partition coefficient (Wildman–Crippen LogP) is 1.83. The van der Waals surface area contributed by atoms with Crippen molar-refractivity contribution in [1.29, 1.82) is 0 Å². The summed E-state index contributed by atoms with van der Waals surface area (Å²) in [6.07, 6.45) is 0. The normalized spacial score (nSPS) is 11.6. The topological polar surface area (TPSA) is 46.2 Å². The largest absolute Gasteiger partial charge is 0.316 e. The van der Waals surface area contributed by atoms with Crippen molar-refractivity contribution in [2.24, 2.45) is 0 Å². The highest BCUT2D eigenvalue weighted by Crippen LogP contribution is 2.15. The van der Waals surface area contributed by atoms with E-state index < -0.39 is 9.84 Å². The highest BCUT2D eigenvalue weighted by molar-refractivity contribution is 9.10. The van der Waals surface area contributed by atoms with Gasteiger partial charge in [-0.1, -0.05) is 22.9 Å². The van der Waals surface area contributed by atoms with Crippen LogP contribution in [0.5, 0.6) is 0 Å². The first-order valence-corrected chi connectivity index (χ1v) is 7.20. The summed E-state index contributed by atoms with van der Waals surface area (Å²) >= 11 is 3.27. The summed E-state index contributed by atoms with van der Waals surface area (Å²) in [4.78, 5) is 0.378. The third-order valence-corrected chi connectivity index (χ3v) is 4.23. The molecular formula is C10H14BrNO2S. The monoisotopic (exact) mass is 291 g/mol. The molecule has 0 bridgehead atoms. The van der Waals surface area contributed by atoms with E-state index in [0.29, 0.717) is 11.4 Å². The van der Waals surface area contributed by atoms with Crippen molar-refractivity contribution >= 4 is 25.8 Å². The van der Waals surface area contributed by atoms with Crippen molar-refractivity contribution in [3.63, 3.8) is 0 Å². The Bertz CT molecular complexity index is 400. The molecule has 0 aromatic heterocycles. The second kappa shape index (κ2) is 5.63. The van der Waals surface area contributed by atoms with Gasteiger partial charge < -0.3 is 5.32 Å². The minimum absolute atomic E-state index is 0.141. The van der Waals surface area contributed by atoms with Crippen molar-refractivity contribution < 1.29 is 8.42 Å². The van der Waals surface area contributed by atoms with Gasteiger partial charge in [0, 0.05) is 11.0 Å². The molecule has 0 saturated carbocycles. The number of hydrogen-bond donors (Lipinski definition) is 1. The molecule has 0 radical (unpaired) electrons. The van der Waals surface area contributed by atoms with E-state index in [1.165, 1.54) is 0 Å². The molecule has 0 aliphatic rings. The molecule has 1 N–H and O–H groups in total. The van der Waals surface area contributed by atoms with Crippen LogP contribution in [0.15, 0.2) is 33.6 Å². The maximum absolute atomic E-state index is 11.8. The van der Waals surface area contributed by atoms with Gasteiger partial charge in [-0.05, 0) is 30.8 Å². The average molecular weight is 292 g/mol. The van der Waals surface area contributed by atoms with Crippen LogP contribution < -0.4 is 5.32 Å². The molecule has 0 aliphatic carbocycles. The second-order valence-electron chi connectivity index (χ2n) is 3.13. The van der Waals surface area contributed by atoms with Crippen LogP contribution in [0.2, 0.25) is 0 Å². The summed E-state index contributed by atoms with van der Waals surface area (Å²) in [7, 11) is -3.13. The number of benzene rings is 1. The number of rotatable bonds is 5. The first-order chi connectivity index (χ1) is 7.06. The fourth-order valence-electron chi connectivity index (χ4n) is 1.14. The Morgan fingerprint density at radius 3 is 2.40 bits per heavy atom. The van der Waals surface area contributed by atoms with E-state index in [-0.39, 0.29) is 5.75 Å². The van der Waals surface area contributed by atoms with Crippen molar-refractivity contribution in [3.8, 4) is 0 Å². The van der Waals surface area contributed by atoms with E-state index in [1.54, 1.807) is 24.3 Å². The summed E-state index contributed by atoms with van der Waals surface area (Å²) in [5.74, 6) is 0.141. The van der Waals surface area contributed by atoms with Gasteiger partial charge in [0.1, 0.15) is 0 Å². The van der Waals surface area contributed by atoms with Crippen LogP contribution in [-0.2, 0) is 9.84 Å². The number of sulfone groups is 1. The molecule has 3 nitrogen and oxygen atoms in total. The van der Waals surface area contributed by atoms with Gasteiger partial charge in [-0.15, -0.1) is 0 Å². The predicted molar refractivity (Wildman–Crippen MR) is 64.7 cm³/mol. The van der Waals surface area contributed by atoms with Crippen LogP contribution in [0.4, 0.5) is 0 Å². The molecule has 1 aromatic carbocycles. The molecule has 0 fully saturated rings. The minimum atomic E-state index is -3.13. The van der Waals surface area contributed by atoms with Gasteiger partial charge in [-0.3, -0.25) is 0 Å². The quantitative estimate of drug-likeness (QED) is 0.842. The molecular weight excluding hydrogens is 278 g/mol. The lowest BCUT2D eigenvalue weighted by atomic mass is 10.4. The average Bonchev–Trinajstić information content (AvgIpc) is 2.18. The Labute approximate surface area is 98.9 Å². The van der Waals surface area contributed by atoms with Gasteiger partial charge in [0.15, 0.2) is 9.84 Å². The number of nitrogens with one attached hydrogen (secondary N) is 1. The molecule has 1 rings (SSSR count). The smallest absolute Gasteiger partial charge is 0.179 e. The van der Waals surface area contributed by atoms with Gasteiger partial charge in [0.25, 0.3) is 0 Å². The molecule has 0 aliphatic heterocycles. The number of hydrogen-bond acceptors (Lipinski definition) is 3. The fourth-order valence-corrected chi connectivity index (χ4v) is 2.61. The van der Waals surface area contributed by atoms with Crippen LogP contribution in [0.1, 0.15) is 6.92 Å². The Morgan fingerprint density at radius 2 is 1.87 bits per heavy atom. The fraction of sp³-hybridized carbons (Fsp3) is 0.400. The maximum Gasteiger partial charge on any atom is 0.179 e. The third-order valence-electron chi connectivity index (χ3n) is 1.97. The highest BCUT2D eigenvalue weighted by atomic mass is 79.9. The standard InChI is InChI=1S/C10H14BrNO2S/c1-2-12-7-8-15(13,14)10-5-3-9(11)4-6-10/h3-6,12H,2,7-8H2,1H3. The van der Waals surface area contributed by atoms with Gasteiger partial charge in [0.2, 0.25) is 0 Å². The van der Waals surface area contributed by atoms with Crippen molar-refractivity contribution in [1.82, 2.24) is 5.32 Å². The zero-order chi connectivity index (χ0) is 11.3. The zero-order valence-corrected chi connectivity index (χ0v) is 10.9. The lowest BCUT2D eigenvalue weighted by Crippen LogP contribution is -2.22. The molecule has 1 aromatic rings. The first-order valence-electron chi connectivity index (χ1n) is 4.75. The Kier molecular flexibility index (Phi) is 4.76.